The Morgan fingerprint density at radius 2 is 2.07 bits per heavy atom. The lowest BCUT2D eigenvalue weighted by molar-refractivity contribution is -0.137. The third kappa shape index (κ3) is 2.59. The lowest BCUT2D eigenvalue weighted by Gasteiger charge is -2.08. The normalized spacial score (nSPS) is 11.2. The van der Waals surface area contributed by atoms with E-state index in [2.05, 4.69) is 18.1 Å². The van der Waals surface area contributed by atoms with Gasteiger partial charge in [0.15, 0.2) is 0 Å². The van der Waals surface area contributed by atoms with Crippen molar-refractivity contribution in [1.29, 1.82) is 0 Å². The van der Waals surface area contributed by atoms with E-state index in [1.54, 1.807) is 0 Å². The summed E-state index contributed by atoms with van der Waals surface area (Å²) in [7, 11) is 0. The molecule has 5 heteroatoms. The van der Waals surface area contributed by atoms with Crippen LogP contribution in [0.3, 0.4) is 0 Å². The Kier molecular flexibility index (Phi) is 3.19. The first-order valence-electron chi connectivity index (χ1n) is 3.90. The molecule has 0 saturated heterocycles. The quantitative estimate of drug-likeness (QED) is 0.705. The van der Waals surface area contributed by atoms with Crippen molar-refractivity contribution in [3.8, 4) is 0 Å². The maximum Gasteiger partial charge on any atom is 0.417 e. The van der Waals surface area contributed by atoms with Gasteiger partial charge < -0.3 is 0 Å². The maximum atomic E-state index is 12.2. The van der Waals surface area contributed by atoms with Crippen molar-refractivity contribution in [1.82, 2.24) is 4.98 Å². The lowest BCUT2D eigenvalue weighted by atomic mass is 10.1. The zero-order valence-electron chi connectivity index (χ0n) is 7.61. The average Bonchev–Trinajstić information content (AvgIpc) is 2.15. The molecule has 0 bridgehead atoms. The molecule has 15 heavy (non-hydrogen) atoms. The summed E-state index contributed by atoms with van der Waals surface area (Å²) in [6.07, 6.45) is -2.35. The first kappa shape index (κ1) is 11.8. The van der Waals surface area contributed by atoms with Crippen LogP contribution in [0.2, 0.25) is 5.02 Å². The highest BCUT2D eigenvalue weighted by molar-refractivity contribution is 6.32. The highest BCUT2D eigenvalue weighted by Crippen LogP contribution is 2.32. The Morgan fingerprint density at radius 3 is 2.47 bits per heavy atom. The van der Waals surface area contributed by atoms with Crippen LogP contribution in [-0.2, 0) is 6.18 Å². The van der Waals surface area contributed by atoms with Gasteiger partial charge in [0.25, 0.3) is 0 Å². The predicted molar refractivity (Wildman–Crippen MR) is 53.5 cm³/mol. The number of nitrogens with zero attached hydrogens (tertiary/aromatic N) is 1. The van der Waals surface area contributed by atoms with E-state index in [-0.39, 0.29) is 10.7 Å². The topological polar surface area (TPSA) is 12.9 Å². The van der Waals surface area contributed by atoms with Gasteiger partial charge in [-0.15, -0.1) is 0 Å². The van der Waals surface area contributed by atoms with Crippen LogP contribution in [0.25, 0.3) is 5.57 Å². The summed E-state index contributed by atoms with van der Waals surface area (Å²) in [5.74, 6) is 0. The summed E-state index contributed by atoms with van der Waals surface area (Å²) < 4.78 is 36.7. The molecular weight excluding hydrogens is 227 g/mol. The summed E-state index contributed by atoms with van der Waals surface area (Å²) in [6, 6.07) is 0.818. The number of hydrogen-bond acceptors (Lipinski definition) is 1. The molecule has 0 spiro atoms. The van der Waals surface area contributed by atoms with Crippen molar-refractivity contribution in [2.45, 2.75) is 6.18 Å². The first-order valence-corrected chi connectivity index (χ1v) is 4.28. The van der Waals surface area contributed by atoms with Crippen LogP contribution in [0.1, 0.15) is 11.3 Å². The van der Waals surface area contributed by atoms with E-state index in [9.17, 15) is 13.2 Å². The third-order valence-corrected chi connectivity index (χ3v) is 2.01. The molecule has 0 unspecified atom stereocenters. The number of hydrogen-bond donors (Lipinski definition) is 0. The number of alkyl halides is 3. The van der Waals surface area contributed by atoms with Gasteiger partial charge in [0.1, 0.15) is 0 Å². The van der Waals surface area contributed by atoms with Crippen molar-refractivity contribution in [2.75, 3.05) is 0 Å². The van der Waals surface area contributed by atoms with Crippen molar-refractivity contribution >= 4 is 17.2 Å². The van der Waals surface area contributed by atoms with Crippen LogP contribution in [0, 0.1) is 0 Å². The molecule has 1 aromatic heterocycles. The van der Waals surface area contributed by atoms with Gasteiger partial charge in [0.2, 0.25) is 0 Å². The van der Waals surface area contributed by atoms with Gasteiger partial charge in [-0.3, -0.25) is 4.98 Å². The number of rotatable bonds is 2. The molecule has 0 aromatic carbocycles. The Morgan fingerprint density at radius 1 is 1.47 bits per heavy atom. The summed E-state index contributed by atoms with van der Waals surface area (Å²) in [6.45, 7) is 6.98. The minimum Gasteiger partial charge on any atom is -0.254 e. The summed E-state index contributed by atoms with van der Waals surface area (Å²) >= 11 is 5.64. The molecule has 0 saturated carbocycles. The molecule has 0 aliphatic carbocycles. The fourth-order valence-electron chi connectivity index (χ4n) is 0.926. The standard InChI is InChI=1S/C10H7ClF3N/c1-3-6(2)9-8(11)4-7(5-15-9)10(12,13)14/h3-5H,1-2H2. The van der Waals surface area contributed by atoms with E-state index < -0.39 is 11.7 Å². The van der Waals surface area contributed by atoms with Crippen LogP contribution in [0.15, 0.2) is 31.5 Å². The van der Waals surface area contributed by atoms with Gasteiger partial charge in [-0.1, -0.05) is 30.8 Å². The summed E-state index contributed by atoms with van der Waals surface area (Å²) in [5, 5.41) is -0.0882. The SMILES string of the molecule is C=CC(=C)c1ncc(C(F)(F)F)cc1Cl. The van der Waals surface area contributed by atoms with Gasteiger partial charge >= 0.3 is 6.18 Å². The van der Waals surface area contributed by atoms with Gasteiger partial charge in [0, 0.05) is 6.20 Å². The number of allylic oxidation sites excluding steroid dienone is 2. The molecule has 0 aliphatic rings. The highest BCUT2D eigenvalue weighted by atomic mass is 35.5. The molecule has 0 atom stereocenters. The maximum absolute atomic E-state index is 12.2. The Labute approximate surface area is 89.9 Å². The first-order chi connectivity index (χ1) is 6.86. The molecule has 1 rings (SSSR count). The lowest BCUT2D eigenvalue weighted by Crippen LogP contribution is -2.06. The third-order valence-electron chi connectivity index (χ3n) is 1.72. The second-order valence-electron chi connectivity index (χ2n) is 2.78. The Balaban J connectivity index is 3.20. The smallest absolute Gasteiger partial charge is 0.254 e. The second kappa shape index (κ2) is 4.06. The largest absolute Gasteiger partial charge is 0.417 e. The fourth-order valence-corrected chi connectivity index (χ4v) is 1.21. The number of pyridine rings is 1. The van der Waals surface area contributed by atoms with E-state index in [0.29, 0.717) is 5.57 Å². The average molecular weight is 234 g/mol. The minimum absolute atomic E-state index is 0.0882. The number of aromatic nitrogens is 1. The molecule has 0 fully saturated rings. The monoisotopic (exact) mass is 233 g/mol. The van der Waals surface area contributed by atoms with Gasteiger partial charge in [0.05, 0.1) is 16.3 Å². The van der Waals surface area contributed by atoms with Crippen molar-refractivity contribution < 1.29 is 13.2 Å². The zero-order chi connectivity index (χ0) is 11.6. The van der Waals surface area contributed by atoms with Crippen LogP contribution in [0.5, 0.6) is 0 Å². The molecule has 0 N–H and O–H groups in total. The molecule has 0 amide bonds. The van der Waals surface area contributed by atoms with E-state index in [1.165, 1.54) is 6.08 Å². The summed E-state index contributed by atoms with van der Waals surface area (Å²) in [5.41, 5.74) is -0.290. The zero-order valence-corrected chi connectivity index (χ0v) is 8.36. The number of halogens is 4. The minimum atomic E-state index is -4.44. The molecule has 1 aromatic rings. The van der Waals surface area contributed by atoms with E-state index in [1.807, 2.05) is 0 Å². The molecule has 1 nitrogen and oxygen atoms in total. The van der Waals surface area contributed by atoms with Crippen LogP contribution < -0.4 is 0 Å². The van der Waals surface area contributed by atoms with E-state index in [4.69, 9.17) is 11.6 Å². The highest BCUT2D eigenvalue weighted by Gasteiger charge is 2.31. The fraction of sp³-hybridized carbons (Fsp3) is 0.100. The van der Waals surface area contributed by atoms with Crippen molar-refractivity contribution in [3.63, 3.8) is 0 Å². The van der Waals surface area contributed by atoms with Gasteiger partial charge in [-0.2, -0.15) is 13.2 Å². The van der Waals surface area contributed by atoms with Gasteiger partial charge in [-0.25, -0.2) is 0 Å². The molecule has 1 heterocycles. The summed E-state index contributed by atoms with van der Waals surface area (Å²) in [4.78, 5) is 3.59. The predicted octanol–water partition coefficient (Wildman–Crippen LogP) is 3.95. The molecule has 80 valence electrons. The molecular formula is C10H7ClF3N. The van der Waals surface area contributed by atoms with Crippen LogP contribution in [-0.4, -0.2) is 4.98 Å². The Bertz CT molecular complexity index is 410. The second-order valence-corrected chi connectivity index (χ2v) is 3.19. The van der Waals surface area contributed by atoms with Gasteiger partial charge in [-0.05, 0) is 11.6 Å². The molecule has 0 radical (unpaired) electrons. The van der Waals surface area contributed by atoms with E-state index >= 15 is 0 Å². The van der Waals surface area contributed by atoms with Crippen LogP contribution >= 0.6 is 11.6 Å². The van der Waals surface area contributed by atoms with Crippen LogP contribution in [0.4, 0.5) is 13.2 Å². The van der Waals surface area contributed by atoms with Crippen molar-refractivity contribution in [3.05, 3.63) is 47.8 Å². The van der Waals surface area contributed by atoms with Crippen molar-refractivity contribution in [2.24, 2.45) is 0 Å². The Hall–Kier alpha value is -1.29. The van der Waals surface area contributed by atoms with E-state index in [0.717, 1.165) is 12.3 Å². The molecule has 0 aliphatic heterocycles.